The molecule has 2 aliphatic rings. The largest absolute Gasteiger partial charge is 0.478 e. The second-order valence-electron chi connectivity index (χ2n) is 7.83. The highest BCUT2D eigenvalue weighted by Gasteiger charge is 2.46. The van der Waals surface area contributed by atoms with Gasteiger partial charge < -0.3 is 10.4 Å². The maximum Gasteiger partial charge on any atom is 0.416 e. The third-order valence-electron chi connectivity index (χ3n) is 6.27. The lowest BCUT2D eigenvalue weighted by atomic mass is 9.74. The molecule has 30 heavy (non-hydrogen) atoms. The monoisotopic (exact) mass is 409 g/mol. The Hall–Kier alpha value is -3.28. The van der Waals surface area contributed by atoms with Crippen LogP contribution in [0.4, 0.5) is 18.9 Å². The van der Waals surface area contributed by atoms with Crippen molar-refractivity contribution in [3.63, 3.8) is 0 Å². The summed E-state index contributed by atoms with van der Waals surface area (Å²) in [5.41, 5.74) is 2.92. The van der Waals surface area contributed by atoms with Gasteiger partial charge in [-0.15, -0.1) is 0 Å². The molecule has 0 bridgehead atoms. The highest BCUT2D eigenvalue weighted by Crippen LogP contribution is 2.55. The van der Waals surface area contributed by atoms with E-state index in [1.54, 1.807) is 12.1 Å². The molecule has 3 aromatic carbocycles. The molecule has 0 spiro atoms. The quantitative estimate of drug-likeness (QED) is 0.556. The summed E-state index contributed by atoms with van der Waals surface area (Å²) in [4.78, 5) is 11.9. The predicted molar refractivity (Wildman–Crippen MR) is 107 cm³/mol. The second-order valence-corrected chi connectivity index (χ2v) is 7.83. The molecule has 3 aromatic rings. The molecule has 0 unspecified atom stereocenters. The van der Waals surface area contributed by atoms with Gasteiger partial charge in [0.1, 0.15) is 0 Å². The van der Waals surface area contributed by atoms with Crippen LogP contribution in [0.3, 0.4) is 0 Å². The lowest BCUT2D eigenvalue weighted by Crippen LogP contribution is -2.33. The van der Waals surface area contributed by atoms with Crippen molar-refractivity contribution in [3.05, 3.63) is 100 Å². The first kappa shape index (κ1) is 18.7. The van der Waals surface area contributed by atoms with Crippen molar-refractivity contribution in [3.8, 4) is 0 Å². The van der Waals surface area contributed by atoms with E-state index < -0.39 is 23.8 Å². The Bertz CT molecular complexity index is 1160. The van der Waals surface area contributed by atoms with Crippen LogP contribution < -0.4 is 5.32 Å². The Labute approximate surface area is 171 Å². The molecule has 0 radical (unpaired) electrons. The molecule has 3 atom stereocenters. The number of aromatic carboxylic acids is 1. The summed E-state index contributed by atoms with van der Waals surface area (Å²) in [6.45, 7) is 0. The van der Waals surface area contributed by atoms with Crippen LogP contribution >= 0.6 is 0 Å². The van der Waals surface area contributed by atoms with Gasteiger partial charge in [-0.25, -0.2) is 4.79 Å². The SMILES string of the molecule is O=C(O)c1cccc2c1N[C@@H](c1ccccc1C(F)(F)F)[C@H]1Cc3ccccc3[C@@H]21. The molecular weight excluding hydrogens is 391 g/mol. The van der Waals surface area contributed by atoms with Gasteiger partial charge in [0, 0.05) is 5.92 Å². The summed E-state index contributed by atoms with van der Waals surface area (Å²) in [6.07, 6.45) is -3.87. The van der Waals surface area contributed by atoms with Gasteiger partial charge in [0.25, 0.3) is 0 Å². The van der Waals surface area contributed by atoms with Crippen molar-refractivity contribution in [2.75, 3.05) is 5.32 Å². The van der Waals surface area contributed by atoms with Gasteiger partial charge in [0.15, 0.2) is 0 Å². The van der Waals surface area contributed by atoms with E-state index >= 15 is 0 Å². The van der Waals surface area contributed by atoms with Gasteiger partial charge in [-0.2, -0.15) is 13.2 Å². The highest BCUT2D eigenvalue weighted by atomic mass is 19.4. The smallest absolute Gasteiger partial charge is 0.416 e. The van der Waals surface area contributed by atoms with Gasteiger partial charge in [0.2, 0.25) is 0 Å². The summed E-state index contributed by atoms with van der Waals surface area (Å²) in [7, 11) is 0. The van der Waals surface area contributed by atoms with Crippen LogP contribution in [0, 0.1) is 5.92 Å². The normalized spacial score (nSPS) is 21.9. The Morgan fingerprint density at radius 1 is 0.900 bits per heavy atom. The number of para-hydroxylation sites is 1. The van der Waals surface area contributed by atoms with Crippen molar-refractivity contribution in [2.24, 2.45) is 5.92 Å². The molecule has 0 amide bonds. The molecule has 0 saturated carbocycles. The van der Waals surface area contributed by atoms with E-state index in [0.29, 0.717) is 12.1 Å². The Kier molecular flexibility index (Phi) is 4.13. The van der Waals surface area contributed by atoms with Gasteiger partial charge >= 0.3 is 12.1 Å². The van der Waals surface area contributed by atoms with Crippen LogP contribution in [0.5, 0.6) is 0 Å². The maximum absolute atomic E-state index is 13.8. The summed E-state index contributed by atoms with van der Waals surface area (Å²) in [5, 5.41) is 12.9. The molecule has 0 fully saturated rings. The van der Waals surface area contributed by atoms with E-state index in [1.165, 1.54) is 18.2 Å². The number of fused-ring (bicyclic) bond motifs is 5. The minimum atomic E-state index is -4.49. The molecule has 5 rings (SSSR count). The van der Waals surface area contributed by atoms with Crippen molar-refractivity contribution < 1.29 is 23.1 Å². The number of hydrogen-bond acceptors (Lipinski definition) is 2. The first-order valence-corrected chi connectivity index (χ1v) is 9.73. The van der Waals surface area contributed by atoms with Crippen molar-refractivity contribution in [1.82, 2.24) is 0 Å². The maximum atomic E-state index is 13.8. The number of carboxylic acids is 1. The average molecular weight is 409 g/mol. The number of rotatable bonds is 2. The molecular formula is C24H18F3NO2. The fourth-order valence-corrected chi connectivity index (χ4v) is 5.10. The van der Waals surface area contributed by atoms with Crippen molar-refractivity contribution in [2.45, 2.75) is 24.6 Å². The number of halogens is 3. The zero-order chi connectivity index (χ0) is 21.0. The molecule has 3 nitrogen and oxygen atoms in total. The van der Waals surface area contributed by atoms with E-state index in [9.17, 15) is 23.1 Å². The molecule has 0 aromatic heterocycles. The van der Waals surface area contributed by atoms with E-state index in [4.69, 9.17) is 0 Å². The Balaban J connectivity index is 1.75. The minimum Gasteiger partial charge on any atom is -0.478 e. The number of hydrogen-bond donors (Lipinski definition) is 2. The Morgan fingerprint density at radius 3 is 2.30 bits per heavy atom. The van der Waals surface area contributed by atoms with Crippen LogP contribution in [0.1, 0.15) is 50.1 Å². The summed E-state index contributed by atoms with van der Waals surface area (Å²) in [6, 6.07) is 17.8. The molecule has 1 heterocycles. The van der Waals surface area contributed by atoms with Crippen LogP contribution in [0.2, 0.25) is 0 Å². The van der Waals surface area contributed by atoms with Crippen LogP contribution in [0.25, 0.3) is 0 Å². The predicted octanol–water partition coefficient (Wildman–Crippen LogP) is 5.87. The number of benzene rings is 3. The second kappa shape index (κ2) is 6.62. The molecule has 1 aliphatic carbocycles. The standard InChI is InChI=1S/C24H18F3NO2/c25-24(26,27)19-11-4-3-8-15(19)21-18-12-13-6-1-2-7-14(13)20(18)16-9-5-10-17(23(29)30)22(16)28-21/h1-11,18,20-21,28H,12H2,(H,29,30)/t18-,20-,21-/m0/s1. The summed E-state index contributed by atoms with van der Waals surface area (Å²) >= 11 is 0. The third kappa shape index (κ3) is 2.78. The Morgan fingerprint density at radius 2 is 1.57 bits per heavy atom. The topological polar surface area (TPSA) is 49.3 Å². The minimum absolute atomic E-state index is 0.0739. The summed E-state index contributed by atoms with van der Waals surface area (Å²) in [5.74, 6) is -1.42. The first-order valence-electron chi connectivity index (χ1n) is 9.73. The van der Waals surface area contributed by atoms with E-state index in [-0.39, 0.29) is 23.0 Å². The zero-order valence-corrected chi connectivity index (χ0v) is 15.8. The van der Waals surface area contributed by atoms with Gasteiger partial charge in [-0.05, 0) is 46.7 Å². The molecule has 0 saturated heterocycles. The molecule has 2 N–H and O–H groups in total. The van der Waals surface area contributed by atoms with Gasteiger partial charge in [-0.3, -0.25) is 0 Å². The number of carboxylic acid groups (broad SMARTS) is 1. The van der Waals surface area contributed by atoms with E-state index in [1.807, 2.05) is 30.3 Å². The molecule has 152 valence electrons. The summed E-state index contributed by atoms with van der Waals surface area (Å²) < 4.78 is 41.4. The lowest BCUT2D eigenvalue weighted by molar-refractivity contribution is -0.138. The van der Waals surface area contributed by atoms with Gasteiger partial charge in [0.05, 0.1) is 22.9 Å². The average Bonchev–Trinajstić information content (AvgIpc) is 3.12. The lowest BCUT2D eigenvalue weighted by Gasteiger charge is -2.39. The van der Waals surface area contributed by atoms with Crippen molar-refractivity contribution >= 4 is 11.7 Å². The number of alkyl halides is 3. The number of anilines is 1. The fourth-order valence-electron chi connectivity index (χ4n) is 5.10. The third-order valence-corrected chi connectivity index (χ3v) is 6.27. The van der Waals surface area contributed by atoms with Crippen LogP contribution in [-0.4, -0.2) is 11.1 Å². The van der Waals surface area contributed by atoms with E-state index in [2.05, 4.69) is 5.32 Å². The van der Waals surface area contributed by atoms with Gasteiger partial charge in [-0.1, -0.05) is 54.6 Å². The molecule has 6 heteroatoms. The highest BCUT2D eigenvalue weighted by molar-refractivity contribution is 5.96. The zero-order valence-electron chi connectivity index (χ0n) is 15.8. The van der Waals surface area contributed by atoms with Crippen LogP contribution in [-0.2, 0) is 12.6 Å². The number of nitrogens with one attached hydrogen (secondary N) is 1. The first-order chi connectivity index (χ1) is 14.4. The van der Waals surface area contributed by atoms with E-state index in [0.717, 1.165) is 22.8 Å². The molecule has 1 aliphatic heterocycles. The number of carbonyl (C=O) groups is 1. The fraction of sp³-hybridized carbons (Fsp3) is 0.208. The van der Waals surface area contributed by atoms with Crippen molar-refractivity contribution in [1.29, 1.82) is 0 Å². The van der Waals surface area contributed by atoms with Crippen LogP contribution in [0.15, 0.2) is 66.7 Å².